The van der Waals surface area contributed by atoms with Crippen molar-refractivity contribution in [2.45, 2.75) is 54.3 Å². The van der Waals surface area contributed by atoms with Gasteiger partial charge in [-0.15, -0.1) is 31.7 Å². The standard InChI is InChI=1S/C9H13.C3H10OSi.C2H6O.CH3.2ClH.O.H2Si.Ti/c1-6-5-7(2)9(4)8(6)3;1-5(2,3)4;1-2-3;;;;;;/h6H,1-4H3;4H,1-3H3;3H,2H2,1H3;1H3;2*1H;;1H2;/q-1;;;-1;;;;;. The van der Waals surface area contributed by atoms with Gasteiger partial charge >= 0.3 is 28.8 Å². The van der Waals surface area contributed by atoms with Gasteiger partial charge in [0.25, 0.3) is 0 Å². The molecule has 0 saturated heterocycles. The fourth-order valence-corrected chi connectivity index (χ4v) is 1.16. The van der Waals surface area contributed by atoms with Crippen molar-refractivity contribution in [1.82, 2.24) is 0 Å². The molecule has 142 valence electrons. The van der Waals surface area contributed by atoms with Gasteiger partial charge in [-0.25, -0.2) is 5.57 Å². The van der Waals surface area contributed by atoms with Gasteiger partial charge in [0.2, 0.25) is 0 Å². The monoisotopic (exact) mass is 438 g/mol. The number of aliphatic hydroxyl groups is 1. The number of aliphatic hydroxyl groups excluding tert-OH is 1. The van der Waals surface area contributed by atoms with Crippen molar-refractivity contribution >= 4 is 40.8 Å². The topological polar surface area (TPSA) is 57.5 Å². The second kappa shape index (κ2) is 22.9. The summed E-state index contributed by atoms with van der Waals surface area (Å²) < 4.78 is 9.07. The van der Waals surface area contributed by atoms with Gasteiger partial charge in [0.05, 0.1) is 0 Å². The molecular formula is C15H36Cl2O3Si2Ti-2. The van der Waals surface area contributed by atoms with Gasteiger partial charge in [-0.05, 0) is 26.6 Å². The summed E-state index contributed by atoms with van der Waals surface area (Å²) in [5.74, 6) is 0.560. The average Bonchev–Trinajstić information content (AvgIpc) is 2.46. The zero-order chi connectivity index (χ0) is 16.9. The third-order valence-corrected chi connectivity index (χ3v) is 2.24. The van der Waals surface area contributed by atoms with Crippen LogP contribution in [0.25, 0.3) is 0 Å². The molecule has 1 atom stereocenters. The molecule has 0 radical (unpaired) electrons. The van der Waals surface area contributed by atoms with E-state index in [1.54, 1.807) is 14.6 Å². The van der Waals surface area contributed by atoms with Crippen LogP contribution in [0.4, 0.5) is 0 Å². The first-order valence-corrected chi connectivity index (χ1v) is 14.8. The van der Waals surface area contributed by atoms with E-state index in [2.05, 4.69) is 33.8 Å². The van der Waals surface area contributed by atoms with Gasteiger partial charge in [0.1, 0.15) is 0 Å². The molecule has 0 aromatic rings. The molecule has 0 aromatic carbocycles. The van der Waals surface area contributed by atoms with Crippen molar-refractivity contribution in [3.8, 4) is 0 Å². The molecular weight excluding hydrogens is 403 g/mol. The minimum atomic E-state index is -1.61. The van der Waals surface area contributed by atoms with E-state index in [-0.39, 0.29) is 38.8 Å². The zero-order valence-electron chi connectivity index (χ0n) is 16.1. The van der Waals surface area contributed by atoms with Crippen molar-refractivity contribution in [3.05, 3.63) is 30.2 Å². The Labute approximate surface area is 168 Å². The predicted octanol–water partition coefficient (Wildman–Crippen LogP) is 3.79. The maximum absolute atomic E-state index is 9.07. The van der Waals surface area contributed by atoms with Crippen LogP contribution in [0.1, 0.15) is 34.6 Å². The van der Waals surface area contributed by atoms with Crippen molar-refractivity contribution in [1.29, 1.82) is 0 Å². The number of hydrogen-bond acceptors (Lipinski definition) is 3. The Kier molecular flexibility index (Phi) is 39.0. The molecule has 0 amide bonds. The first-order valence-electron chi connectivity index (χ1n) is 6.71. The zero-order valence-corrected chi connectivity index (χ0v) is 21.7. The van der Waals surface area contributed by atoms with Gasteiger partial charge in [-0.1, -0.05) is 26.7 Å². The molecule has 3 nitrogen and oxygen atoms in total. The molecule has 0 aliphatic heterocycles. The molecule has 1 aliphatic carbocycles. The molecule has 1 rings (SSSR count). The van der Waals surface area contributed by atoms with Crippen LogP contribution >= 0.6 is 24.8 Å². The summed E-state index contributed by atoms with van der Waals surface area (Å²) in [7, 11) is -0.0679. The first-order chi connectivity index (χ1) is 8.95. The summed E-state index contributed by atoms with van der Waals surface area (Å²) in [6.45, 7) is 16.2. The van der Waals surface area contributed by atoms with E-state index < -0.39 is 26.2 Å². The molecule has 1 aliphatic rings. The normalized spacial score (nSPS) is 14.3. The molecule has 1 unspecified atom stereocenters. The fraction of sp³-hybridized carbons (Fsp3) is 0.667. The third kappa shape index (κ3) is 35.0. The third-order valence-electron chi connectivity index (χ3n) is 2.24. The van der Waals surface area contributed by atoms with Gasteiger partial charge in [-0.2, -0.15) is 11.1 Å². The van der Waals surface area contributed by atoms with Crippen LogP contribution in [0.3, 0.4) is 0 Å². The van der Waals surface area contributed by atoms with Gasteiger partial charge in [0.15, 0.2) is 8.32 Å². The van der Waals surface area contributed by atoms with E-state index >= 15 is 0 Å². The fourth-order valence-electron chi connectivity index (χ4n) is 1.16. The van der Waals surface area contributed by atoms with Crippen molar-refractivity contribution in [2.75, 3.05) is 6.61 Å². The summed E-state index contributed by atoms with van der Waals surface area (Å²) in [6.07, 6.45) is 3.36. The summed E-state index contributed by atoms with van der Waals surface area (Å²) in [6, 6.07) is 0. The van der Waals surface area contributed by atoms with Crippen LogP contribution in [0.2, 0.25) is 19.6 Å². The van der Waals surface area contributed by atoms with E-state index in [9.17, 15) is 0 Å². The van der Waals surface area contributed by atoms with Crippen molar-refractivity contribution in [3.63, 3.8) is 0 Å². The number of rotatable bonds is 0. The van der Waals surface area contributed by atoms with Crippen LogP contribution in [0, 0.1) is 19.4 Å². The van der Waals surface area contributed by atoms with Crippen LogP contribution in [-0.4, -0.2) is 32.5 Å². The van der Waals surface area contributed by atoms with Crippen LogP contribution in [-0.2, 0) is 21.2 Å². The number of halogens is 2. The SMILES string of the molecule is CC1=[C-]C(C)C(C)=C1C.CCO.C[Si](C)(C)O.Cl.Cl.[CH3-].[O]=[Ti]=[SiH2]. The van der Waals surface area contributed by atoms with E-state index in [1.165, 1.54) is 16.7 Å². The summed E-state index contributed by atoms with van der Waals surface area (Å²) >= 11 is -0.722. The first kappa shape index (κ1) is 39.1. The van der Waals surface area contributed by atoms with E-state index in [1.807, 2.05) is 19.6 Å². The summed E-state index contributed by atoms with van der Waals surface area (Å²) in [5.41, 5.74) is 4.25. The average molecular weight is 439 g/mol. The predicted molar refractivity (Wildman–Crippen MR) is 108 cm³/mol. The number of allylic oxidation sites excluding steroid dienone is 4. The summed E-state index contributed by atoms with van der Waals surface area (Å²) in [4.78, 5) is 8.66. The maximum atomic E-state index is 9.07. The van der Waals surface area contributed by atoms with Crippen LogP contribution in [0.15, 0.2) is 16.7 Å². The second-order valence-electron chi connectivity index (χ2n) is 5.43. The van der Waals surface area contributed by atoms with Crippen LogP contribution in [0.5, 0.6) is 0 Å². The van der Waals surface area contributed by atoms with Gasteiger partial charge in [-0.3, -0.25) is 6.08 Å². The summed E-state index contributed by atoms with van der Waals surface area (Å²) in [5, 5.41) is 7.57. The van der Waals surface area contributed by atoms with Gasteiger partial charge < -0.3 is 17.3 Å². The van der Waals surface area contributed by atoms with E-state index in [0.29, 0.717) is 5.92 Å². The molecule has 0 heterocycles. The minimum absolute atomic E-state index is 0. The Morgan fingerprint density at radius 2 is 1.43 bits per heavy atom. The second-order valence-corrected chi connectivity index (χ2v) is 11.4. The molecule has 0 aromatic heterocycles. The van der Waals surface area contributed by atoms with Gasteiger partial charge in [0, 0.05) is 6.61 Å². The number of hydrogen-bond donors (Lipinski definition) is 2. The van der Waals surface area contributed by atoms with E-state index in [4.69, 9.17) is 13.2 Å². The van der Waals surface area contributed by atoms with Crippen molar-refractivity contribution < 1.29 is 31.1 Å². The molecule has 23 heavy (non-hydrogen) atoms. The Morgan fingerprint density at radius 3 is 1.48 bits per heavy atom. The van der Waals surface area contributed by atoms with E-state index in [0.717, 1.165) is 0 Å². The van der Waals surface area contributed by atoms with Crippen LogP contribution < -0.4 is 0 Å². The molecule has 0 bridgehead atoms. The Bertz CT molecular complexity index is 356. The molecule has 8 heteroatoms. The quantitative estimate of drug-likeness (QED) is 0.446. The molecule has 0 fully saturated rings. The van der Waals surface area contributed by atoms with Crippen molar-refractivity contribution in [2.24, 2.45) is 5.92 Å². The molecule has 0 saturated carbocycles. The molecule has 0 spiro atoms. The Hall–Kier alpha value is 0.928. The molecule has 2 N–H and O–H groups in total. The Balaban J connectivity index is -0.0000000453. The Morgan fingerprint density at radius 1 is 1.22 bits per heavy atom.